The zero-order valence-corrected chi connectivity index (χ0v) is 20.9. The highest BCUT2D eigenvalue weighted by Crippen LogP contribution is 2.44. The molecule has 8 heteroatoms. The predicted molar refractivity (Wildman–Crippen MR) is 126 cm³/mol. The van der Waals surface area contributed by atoms with Gasteiger partial charge in [-0.2, -0.15) is 0 Å². The van der Waals surface area contributed by atoms with Crippen molar-refractivity contribution >= 4 is 32.7 Å². The maximum absolute atomic E-state index is 13.4. The molecule has 3 rings (SSSR count). The molecule has 0 aromatic heterocycles. The molecule has 30 heavy (non-hydrogen) atoms. The third-order valence-electron chi connectivity index (χ3n) is 5.73. The van der Waals surface area contributed by atoms with E-state index in [0.29, 0.717) is 35.0 Å². The molecule has 2 unspecified atom stereocenters. The van der Waals surface area contributed by atoms with Crippen molar-refractivity contribution in [3.63, 3.8) is 0 Å². The van der Waals surface area contributed by atoms with Crippen LogP contribution in [0.1, 0.15) is 27.2 Å². The van der Waals surface area contributed by atoms with Crippen LogP contribution in [0, 0.1) is 0 Å². The first-order chi connectivity index (χ1) is 14.0. The lowest BCUT2D eigenvalue weighted by Crippen LogP contribution is -2.46. The average Bonchev–Trinajstić information content (AvgIpc) is 2.85. The van der Waals surface area contributed by atoms with Gasteiger partial charge in [-0.3, -0.25) is 4.57 Å². The van der Waals surface area contributed by atoms with E-state index < -0.39 is 15.8 Å². The van der Waals surface area contributed by atoms with Gasteiger partial charge in [0.05, 0.1) is 18.0 Å². The van der Waals surface area contributed by atoms with Gasteiger partial charge in [-0.25, -0.2) is 5.09 Å². The summed E-state index contributed by atoms with van der Waals surface area (Å²) < 4.78 is 31.5. The molecule has 1 saturated heterocycles. The molecule has 164 valence electrons. The zero-order valence-electron chi connectivity index (χ0n) is 18.3. The maximum atomic E-state index is 13.4. The molecule has 0 amide bonds. The third kappa shape index (κ3) is 5.76. The second-order valence-electron chi connectivity index (χ2n) is 9.09. The molecule has 1 heterocycles. The molecular formula is C22H31ClNO4PSi. The fraction of sp³-hybridized carbons (Fsp3) is 0.455. The fourth-order valence-electron chi connectivity index (χ4n) is 2.89. The SMILES string of the molecule is CC(C)(C)[Si](C)(C)OC1CCOP(=O)(c2ccc(Oc3ccc(Cl)cc3)cc2)NC1. The molecule has 2 aromatic rings. The minimum Gasteiger partial charge on any atom is -0.457 e. The van der Waals surface area contributed by atoms with Crippen molar-refractivity contribution in [2.45, 2.75) is 51.4 Å². The fourth-order valence-corrected chi connectivity index (χ4v) is 6.18. The van der Waals surface area contributed by atoms with Gasteiger partial charge in [-0.05, 0) is 73.1 Å². The molecule has 1 N–H and O–H groups in total. The van der Waals surface area contributed by atoms with E-state index in [-0.39, 0.29) is 11.1 Å². The number of hydrogen-bond acceptors (Lipinski definition) is 4. The van der Waals surface area contributed by atoms with E-state index in [1.807, 2.05) is 0 Å². The van der Waals surface area contributed by atoms with Gasteiger partial charge >= 0.3 is 0 Å². The van der Waals surface area contributed by atoms with Gasteiger partial charge in [0.1, 0.15) is 11.5 Å². The largest absolute Gasteiger partial charge is 0.457 e. The monoisotopic (exact) mass is 467 g/mol. The Kier molecular flexibility index (Phi) is 7.17. The Morgan fingerprint density at radius 3 is 2.20 bits per heavy atom. The molecule has 1 fully saturated rings. The summed E-state index contributed by atoms with van der Waals surface area (Å²) in [4.78, 5) is 0. The van der Waals surface area contributed by atoms with Crippen LogP contribution in [0.25, 0.3) is 0 Å². The molecular weight excluding hydrogens is 437 g/mol. The molecule has 1 aliphatic heterocycles. The Labute approximate surface area is 185 Å². The summed E-state index contributed by atoms with van der Waals surface area (Å²) in [6, 6.07) is 14.3. The molecule has 1 aliphatic rings. The number of ether oxygens (including phenoxy) is 1. The lowest BCUT2D eigenvalue weighted by molar-refractivity contribution is 0.162. The van der Waals surface area contributed by atoms with Crippen LogP contribution < -0.4 is 15.1 Å². The number of benzene rings is 2. The van der Waals surface area contributed by atoms with E-state index in [1.54, 1.807) is 48.5 Å². The van der Waals surface area contributed by atoms with Crippen LogP contribution in [0.5, 0.6) is 11.5 Å². The smallest absolute Gasteiger partial charge is 0.299 e. The van der Waals surface area contributed by atoms with E-state index >= 15 is 0 Å². The van der Waals surface area contributed by atoms with Crippen LogP contribution >= 0.6 is 19.1 Å². The van der Waals surface area contributed by atoms with Crippen LogP contribution in [0.15, 0.2) is 48.5 Å². The summed E-state index contributed by atoms with van der Waals surface area (Å²) in [5.41, 5.74) is 0. The maximum Gasteiger partial charge on any atom is 0.299 e. The van der Waals surface area contributed by atoms with Crippen molar-refractivity contribution in [1.29, 1.82) is 0 Å². The normalized spacial score (nSPS) is 23.1. The Morgan fingerprint density at radius 2 is 1.63 bits per heavy atom. The van der Waals surface area contributed by atoms with Crippen molar-refractivity contribution in [1.82, 2.24) is 5.09 Å². The molecule has 0 aliphatic carbocycles. The van der Waals surface area contributed by atoms with E-state index in [0.717, 1.165) is 6.42 Å². The van der Waals surface area contributed by atoms with Gasteiger partial charge in [0, 0.05) is 11.6 Å². The van der Waals surface area contributed by atoms with Gasteiger partial charge in [0.15, 0.2) is 8.32 Å². The summed E-state index contributed by atoms with van der Waals surface area (Å²) in [6.07, 6.45) is 0.718. The Morgan fingerprint density at radius 1 is 1.07 bits per heavy atom. The van der Waals surface area contributed by atoms with Crippen LogP contribution in [-0.4, -0.2) is 27.6 Å². The lowest BCUT2D eigenvalue weighted by Gasteiger charge is -2.39. The zero-order chi connectivity index (χ0) is 22.0. The van der Waals surface area contributed by atoms with Gasteiger partial charge in [-0.15, -0.1) is 0 Å². The number of rotatable bonds is 5. The standard InChI is InChI=1S/C22H31ClNO4PSi/c1-22(2,3)30(4,5)28-20-14-15-26-29(25,24-16-20)21-12-10-19(11-13-21)27-18-8-6-17(23)7-9-18/h6-13,20H,14-16H2,1-5H3,(H,24,25). The molecule has 0 spiro atoms. The number of hydrogen-bond donors (Lipinski definition) is 1. The third-order valence-corrected chi connectivity index (χ3v) is 12.6. The van der Waals surface area contributed by atoms with E-state index in [2.05, 4.69) is 39.0 Å². The first-order valence-electron chi connectivity index (χ1n) is 10.2. The van der Waals surface area contributed by atoms with Gasteiger partial charge in [0.25, 0.3) is 7.52 Å². The molecule has 0 bridgehead atoms. The number of halogens is 1. The first kappa shape index (κ1) is 23.5. The highest BCUT2D eigenvalue weighted by Gasteiger charge is 2.40. The van der Waals surface area contributed by atoms with Gasteiger partial charge in [-0.1, -0.05) is 32.4 Å². The Balaban J connectivity index is 1.65. The van der Waals surface area contributed by atoms with E-state index in [1.165, 1.54) is 0 Å². The molecule has 5 nitrogen and oxygen atoms in total. The van der Waals surface area contributed by atoms with Gasteiger partial charge in [0.2, 0.25) is 0 Å². The molecule has 2 aromatic carbocycles. The molecule has 0 radical (unpaired) electrons. The quantitative estimate of drug-likeness (QED) is 0.410. The Hall–Kier alpha value is -1.14. The Bertz CT molecular complexity index is 897. The molecule has 0 saturated carbocycles. The second-order valence-corrected chi connectivity index (χ2v) is 16.5. The minimum absolute atomic E-state index is 0.00534. The van der Waals surface area contributed by atoms with E-state index in [9.17, 15) is 4.57 Å². The second kappa shape index (κ2) is 9.15. The van der Waals surface area contributed by atoms with Crippen LogP contribution in [0.2, 0.25) is 23.2 Å². The van der Waals surface area contributed by atoms with Crippen LogP contribution in [0.3, 0.4) is 0 Å². The first-order valence-corrected chi connectivity index (χ1v) is 15.1. The highest BCUT2D eigenvalue weighted by molar-refractivity contribution is 7.65. The van der Waals surface area contributed by atoms with Gasteiger partial charge < -0.3 is 13.7 Å². The average molecular weight is 468 g/mol. The van der Waals surface area contributed by atoms with Crippen molar-refractivity contribution < 1.29 is 18.3 Å². The van der Waals surface area contributed by atoms with Crippen molar-refractivity contribution in [2.75, 3.05) is 13.2 Å². The minimum atomic E-state index is -3.15. The summed E-state index contributed by atoms with van der Waals surface area (Å²) >= 11 is 5.90. The summed E-state index contributed by atoms with van der Waals surface area (Å²) in [6.45, 7) is 12.0. The summed E-state index contributed by atoms with van der Waals surface area (Å²) in [5, 5.41) is 4.56. The van der Waals surface area contributed by atoms with E-state index in [4.69, 9.17) is 25.3 Å². The van der Waals surface area contributed by atoms with Crippen LogP contribution in [0.4, 0.5) is 0 Å². The van der Waals surface area contributed by atoms with Crippen LogP contribution in [-0.2, 0) is 13.5 Å². The highest BCUT2D eigenvalue weighted by atomic mass is 35.5. The summed E-state index contributed by atoms with van der Waals surface area (Å²) in [5.74, 6) is 1.34. The van der Waals surface area contributed by atoms with Crippen molar-refractivity contribution in [3.8, 4) is 11.5 Å². The summed E-state index contributed by atoms with van der Waals surface area (Å²) in [7, 11) is -5.05. The number of nitrogens with one attached hydrogen (secondary N) is 1. The van der Waals surface area contributed by atoms with Crippen molar-refractivity contribution in [2.24, 2.45) is 0 Å². The molecule has 2 atom stereocenters. The lowest BCUT2D eigenvalue weighted by atomic mass is 10.2. The predicted octanol–water partition coefficient (Wildman–Crippen LogP) is 6.35. The topological polar surface area (TPSA) is 56.8 Å². The van der Waals surface area contributed by atoms with Crippen molar-refractivity contribution in [3.05, 3.63) is 53.6 Å².